The lowest BCUT2D eigenvalue weighted by molar-refractivity contribution is -0.686. The van der Waals surface area contributed by atoms with Crippen LogP contribution in [-0.2, 0) is 13.0 Å². The van der Waals surface area contributed by atoms with Crippen molar-refractivity contribution >= 4 is 10.8 Å². The van der Waals surface area contributed by atoms with Crippen LogP contribution in [0.15, 0.2) is 42.6 Å². The summed E-state index contributed by atoms with van der Waals surface area (Å²) in [6, 6.07) is 12.7. The minimum absolute atomic E-state index is 0. The largest absolute Gasteiger partial charge is 1.00 e. The summed E-state index contributed by atoms with van der Waals surface area (Å²) in [5.74, 6) is 2.58. The highest BCUT2D eigenvalue weighted by atomic mass is 35.5. The van der Waals surface area contributed by atoms with Crippen molar-refractivity contribution in [2.75, 3.05) is 13.9 Å². The van der Waals surface area contributed by atoms with Gasteiger partial charge in [-0.05, 0) is 41.3 Å². The second-order valence-electron chi connectivity index (χ2n) is 5.96. The predicted molar refractivity (Wildman–Crippen MR) is 86.0 cm³/mol. The minimum atomic E-state index is 0. The average molecular weight is 342 g/mol. The van der Waals surface area contributed by atoms with Gasteiger partial charge in [0.05, 0.1) is 7.11 Å². The van der Waals surface area contributed by atoms with Crippen molar-refractivity contribution < 1.29 is 31.2 Å². The summed E-state index contributed by atoms with van der Waals surface area (Å²) < 4.78 is 18.7. The van der Waals surface area contributed by atoms with E-state index in [1.165, 1.54) is 27.6 Å². The molecule has 2 aliphatic heterocycles. The fraction of sp³-hybridized carbons (Fsp3) is 0.211. The summed E-state index contributed by atoms with van der Waals surface area (Å²) in [6.45, 7) is 1.28. The lowest BCUT2D eigenvalue weighted by Crippen LogP contribution is -3.00. The molecule has 24 heavy (non-hydrogen) atoms. The Morgan fingerprint density at radius 2 is 1.79 bits per heavy atom. The van der Waals surface area contributed by atoms with Gasteiger partial charge in [0, 0.05) is 23.4 Å². The van der Waals surface area contributed by atoms with E-state index in [1.54, 1.807) is 7.11 Å². The van der Waals surface area contributed by atoms with Crippen LogP contribution >= 0.6 is 0 Å². The van der Waals surface area contributed by atoms with E-state index in [0.29, 0.717) is 6.79 Å². The van der Waals surface area contributed by atoms with E-state index in [-0.39, 0.29) is 12.4 Å². The Morgan fingerprint density at radius 1 is 1.00 bits per heavy atom. The van der Waals surface area contributed by atoms with Gasteiger partial charge in [0.1, 0.15) is 5.75 Å². The molecule has 0 amide bonds. The van der Waals surface area contributed by atoms with Gasteiger partial charge in [0.25, 0.3) is 0 Å². The third-order valence-corrected chi connectivity index (χ3v) is 4.69. The highest BCUT2D eigenvalue weighted by molar-refractivity contribution is 5.87. The molecular weight excluding hydrogens is 326 g/mol. The number of benzene rings is 2. The van der Waals surface area contributed by atoms with Crippen molar-refractivity contribution in [3.63, 3.8) is 0 Å². The van der Waals surface area contributed by atoms with Crippen molar-refractivity contribution in [1.29, 1.82) is 0 Å². The van der Waals surface area contributed by atoms with E-state index in [9.17, 15) is 0 Å². The van der Waals surface area contributed by atoms with Crippen LogP contribution in [0.1, 0.15) is 5.56 Å². The van der Waals surface area contributed by atoms with E-state index in [4.69, 9.17) is 14.2 Å². The van der Waals surface area contributed by atoms with Crippen LogP contribution in [0, 0.1) is 0 Å². The van der Waals surface area contributed by atoms with E-state index in [0.717, 1.165) is 30.2 Å². The number of aromatic nitrogens is 1. The second kappa shape index (κ2) is 5.56. The number of ether oxygens (including phenoxy) is 3. The maximum atomic E-state index is 5.50. The number of fused-ring (bicyclic) bond motifs is 5. The topological polar surface area (TPSA) is 31.6 Å². The van der Waals surface area contributed by atoms with Crippen LogP contribution in [0.25, 0.3) is 22.0 Å². The first-order valence-corrected chi connectivity index (χ1v) is 7.76. The molecule has 5 rings (SSSR count). The summed E-state index contributed by atoms with van der Waals surface area (Å²) in [6.07, 6.45) is 3.22. The van der Waals surface area contributed by atoms with Gasteiger partial charge in [-0.15, -0.1) is 0 Å². The Hall–Kier alpha value is -2.46. The maximum Gasteiger partial charge on any atom is 0.231 e. The zero-order chi connectivity index (χ0) is 15.4. The number of rotatable bonds is 1. The molecule has 3 aromatic rings. The van der Waals surface area contributed by atoms with E-state index in [1.807, 2.05) is 6.07 Å². The Kier molecular flexibility index (Phi) is 3.50. The third-order valence-electron chi connectivity index (χ3n) is 4.69. The molecule has 122 valence electrons. The number of aryl methyl sites for hydroxylation is 2. The van der Waals surface area contributed by atoms with Crippen molar-refractivity contribution in [3.8, 4) is 28.5 Å². The summed E-state index contributed by atoms with van der Waals surface area (Å²) in [7, 11) is 1.71. The number of nitrogens with zero attached hydrogens (tertiary/aromatic N) is 1. The minimum Gasteiger partial charge on any atom is -1.00 e. The Morgan fingerprint density at radius 3 is 2.58 bits per heavy atom. The van der Waals surface area contributed by atoms with Crippen LogP contribution in [-0.4, -0.2) is 13.9 Å². The Bertz CT molecular complexity index is 955. The second-order valence-corrected chi connectivity index (χ2v) is 5.96. The summed E-state index contributed by atoms with van der Waals surface area (Å²) >= 11 is 0. The zero-order valence-corrected chi connectivity index (χ0v) is 14.0. The van der Waals surface area contributed by atoms with E-state index >= 15 is 0 Å². The van der Waals surface area contributed by atoms with Crippen molar-refractivity contribution in [2.45, 2.75) is 13.0 Å². The molecule has 2 aliphatic rings. The molecule has 1 aromatic heterocycles. The van der Waals surface area contributed by atoms with Crippen molar-refractivity contribution in [1.82, 2.24) is 0 Å². The molecule has 0 aliphatic carbocycles. The van der Waals surface area contributed by atoms with Gasteiger partial charge in [-0.25, -0.2) is 0 Å². The molecule has 0 radical (unpaired) electrons. The van der Waals surface area contributed by atoms with Gasteiger partial charge >= 0.3 is 0 Å². The summed E-state index contributed by atoms with van der Waals surface area (Å²) in [4.78, 5) is 0. The quantitative estimate of drug-likeness (QED) is 0.588. The molecule has 0 saturated carbocycles. The molecule has 3 heterocycles. The molecule has 5 heteroatoms. The van der Waals surface area contributed by atoms with Crippen LogP contribution in [0.2, 0.25) is 0 Å². The monoisotopic (exact) mass is 341 g/mol. The highest BCUT2D eigenvalue weighted by Gasteiger charge is 2.25. The normalized spacial score (nSPS) is 13.9. The van der Waals surface area contributed by atoms with Crippen LogP contribution in [0.4, 0.5) is 0 Å². The van der Waals surface area contributed by atoms with Gasteiger partial charge in [-0.1, -0.05) is 0 Å². The van der Waals surface area contributed by atoms with Crippen molar-refractivity contribution in [2.24, 2.45) is 0 Å². The number of hydrogen-bond acceptors (Lipinski definition) is 3. The SMILES string of the molecule is COc1ccc2c(c1)CC[n+]1cc3cc4c(cc3cc1-2)OCO4.[Cl-]. The summed E-state index contributed by atoms with van der Waals surface area (Å²) in [5.41, 5.74) is 3.85. The van der Waals surface area contributed by atoms with Gasteiger partial charge in [-0.2, -0.15) is 4.57 Å². The maximum absolute atomic E-state index is 5.50. The van der Waals surface area contributed by atoms with E-state index in [2.05, 4.69) is 41.1 Å². The van der Waals surface area contributed by atoms with Crippen LogP contribution < -0.4 is 31.2 Å². The molecule has 0 bridgehead atoms. The molecule has 4 nitrogen and oxygen atoms in total. The molecular formula is C19H16ClNO3. The fourth-order valence-corrected chi connectivity index (χ4v) is 3.49. The van der Waals surface area contributed by atoms with E-state index < -0.39 is 0 Å². The van der Waals surface area contributed by atoms with Gasteiger partial charge in [-0.3, -0.25) is 0 Å². The third kappa shape index (κ3) is 2.18. The number of methoxy groups -OCH3 is 1. The molecule has 2 aromatic carbocycles. The lowest BCUT2D eigenvalue weighted by atomic mass is 9.95. The smallest absolute Gasteiger partial charge is 0.231 e. The highest BCUT2D eigenvalue weighted by Crippen LogP contribution is 2.37. The lowest BCUT2D eigenvalue weighted by Gasteiger charge is -2.16. The van der Waals surface area contributed by atoms with Crippen LogP contribution in [0.3, 0.4) is 0 Å². The molecule has 0 unspecified atom stereocenters. The average Bonchev–Trinajstić information content (AvgIpc) is 3.04. The first-order valence-electron chi connectivity index (χ1n) is 7.76. The van der Waals surface area contributed by atoms with Gasteiger partial charge in [0.2, 0.25) is 12.5 Å². The van der Waals surface area contributed by atoms with Crippen LogP contribution in [0.5, 0.6) is 17.2 Å². The molecule has 0 N–H and O–H groups in total. The molecule has 0 saturated heterocycles. The first-order chi connectivity index (χ1) is 11.3. The molecule has 0 fully saturated rings. The zero-order valence-electron chi connectivity index (χ0n) is 13.2. The molecule has 0 spiro atoms. The molecule has 0 atom stereocenters. The van der Waals surface area contributed by atoms with Gasteiger partial charge in [0.15, 0.2) is 24.2 Å². The fourth-order valence-electron chi connectivity index (χ4n) is 3.49. The number of hydrogen-bond donors (Lipinski definition) is 0. The Labute approximate surface area is 146 Å². The number of halogens is 1. The first kappa shape index (κ1) is 15.1. The van der Waals surface area contributed by atoms with Gasteiger partial charge < -0.3 is 26.6 Å². The standard InChI is InChI=1S/C19H16NO3.ClH/c1-21-15-2-3-16-12(6-15)4-5-20-10-14-9-19-18(22-11-23-19)8-13(14)7-17(16)20;/h2-3,6-10H,4-5,11H2,1H3;1H/q+1;/p-1. The predicted octanol–water partition coefficient (Wildman–Crippen LogP) is 0.0917. The Balaban J connectivity index is 0.00000146. The number of pyridine rings is 1. The van der Waals surface area contributed by atoms with Crippen molar-refractivity contribution in [3.05, 3.63) is 48.2 Å². The summed E-state index contributed by atoms with van der Waals surface area (Å²) in [5, 5.41) is 2.35.